The van der Waals surface area contributed by atoms with Crippen molar-refractivity contribution in [1.82, 2.24) is 9.80 Å². The molecule has 6 heteroatoms. The lowest BCUT2D eigenvalue weighted by Crippen LogP contribution is -2.54. The van der Waals surface area contributed by atoms with Gasteiger partial charge >= 0.3 is 0 Å². The molecular weight excluding hydrogens is 344 g/mol. The molecule has 2 aliphatic rings. The number of fused-ring (bicyclic) bond motifs is 1. The first kappa shape index (κ1) is 17.4. The molecule has 2 aromatic rings. The van der Waals surface area contributed by atoms with Gasteiger partial charge in [0, 0.05) is 19.5 Å². The Kier molecular flexibility index (Phi) is 4.73. The lowest BCUT2D eigenvalue weighted by atomic mass is 10.0. The minimum atomic E-state index is -0.863. The molecule has 138 valence electrons. The van der Waals surface area contributed by atoms with Crippen molar-refractivity contribution in [2.75, 3.05) is 26.3 Å². The zero-order valence-corrected chi connectivity index (χ0v) is 14.8. The van der Waals surface area contributed by atoms with Crippen molar-refractivity contribution in [3.05, 3.63) is 71.3 Å². The van der Waals surface area contributed by atoms with Crippen molar-refractivity contribution in [3.63, 3.8) is 0 Å². The number of amides is 3. The highest BCUT2D eigenvalue weighted by molar-refractivity contribution is 6.22. The van der Waals surface area contributed by atoms with E-state index in [9.17, 15) is 14.4 Å². The maximum Gasteiger partial charge on any atom is 0.262 e. The molecule has 1 saturated heterocycles. The maximum absolute atomic E-state index is 13.3. The molecule has 0 N–H and O–H groups in total. The summed E-state index contributed by atoms with van der Waals surface area (Å²) in [5.41, 5.74) is 1.62. The predicted molar refractivity (Wildman–Crippen MR) is 98.3 cm³/mol. The van der Waals surface area contributed by atoms with Crippen LogP contribution in [0.25, 0.3) is 0 Å². The number of hydrogen-bond donors (Lipinski definition) is 0. The number of morpholine rings is 1. The second-order valence-corrected chi connectivity index (χ2v) is 6.67. The fourth-order valence-corrected chi connectivity index (χ4v) is 3.61. The van der Waals surface area contributed by atoms with Crippen LogP contribution in [0.5, 0.6) is 0 Å². The fraction of sp³-hybridized carbons (Fsp3) is 0.286. The molecule has 1 atom stereocenters. The van der Waals surface area contributed by atoms with Crippen LogP contribution in [-0.4, -0.2) is 59.9 Å². The molecule has 0 spiro atoms. The third kappa shape index (κ3) is 3.24. The monoisotopic (exact) mass is 364 g/mol. The molecule has 0 aliphatic carbocycles. The van der Waals surface area contributed by atoms with E-state index < -0.39 is 17.9 Å². The minimum Gasteiger partial charge on any atom is -0.378 e. The van der Waals surface area contributed by atoms with Gasteiger partial charge in [-0.3, -0.25) is 19.3 Å². The summed E-state index contributed by atoms with van der Waals surface area (Å²) in [5, 5.41) is 0. The smallest absolute Gasteiger partial charge is 0.262 e. The fourth-order valence-electron chi connectivity index (χ4n) is 3.61. The van der Waals surface area contributed by atoms with Gasteiger partial charge in [-0.25, -0.2) is 0 Å². The van der Waals surface area contributed by atoms with E-state index in [-0.39, 0.29) is 5.91 Å². The molecule has 0 saturated carbocycles. The third-order valence-electron chi connectivity index (χ3n) is 5.02. The summed E-state index contributed by atoms with van der Waals surface area (Å²) in [6.45, 7) is 1.86. The van der Waals surface area contributed by atoms with Crippen LogP contribution in [0, 0.1) is 0 Å². The number of rotatable bonds is 4. The molecule has 1 fully saturated rings. The molecule has 0 bridgehead atoms. The van der Waals surface area contributed by atoms with Crippen LogP contribution >= 0.6 is 0 Å². The number of carbonyl (C=O) groups excluding carboxylic acids is 3. The molecule has 0 aromatic heterocycles. The van der Waals surface area contributed by atoms with Crippen molar-refractivity contribution in [3.8, 4) is 0 Å². The normalized spacial score (nSPS) is 17.8. The zero-order valence-electron chi connectivity index (χ0n) is 14.8. The molecule has 6 nitrogen and oxygen atoms in total. The highest BCUT2D eigenvalue weighted by Crippen LogP contribution is 2.27. The molecular formula is C21H20N2O4. The van der Waals surface area contributed by atoms with Gasteiger partial charge in [-0.2, -0.15) is 0 Å². The van der Waals surface area contributed by atoms with Gasteiger partial charge in [0.2, 0.25) is 5.91 Å². The van der Waals surface area contributed by atoms with Crippen LogP contribution in [0.3, 0.4) is 0 Å². The number of nitrogens with zero attached hydrogens (tertiary/aromatic N) is 2. The first-order chi connectivity index (χ1) is 13.2. The summed E-state index contributed by atoms with van der Waals surface area (Å²) in [6.07, 6.45) is 0.294. The van der Waals surface area contributed by atoms with Gasteiger partial charge in [-0.1, -0.05) is 42.5 Å². The topological polar surface area (TPSA) is 66.9 Å². The van der Waals surface area contributed by atoms with Crippen molar-refractivity contribution in [2.45, 2.75) is 12.5 Å². The molecule has 2 aromatic carbocycles. The Labute approximate surface area is 157 Å². The summed E-state index contributed by atoms with van der Waals surface area (Å²) in [6, 6.07) is 15.3. The van der Waals surface area contributed by atoms with E-state index in [1.165, 1.54) is 0 Å². The van der Waals surface area contributed by atoms with E-state index in [4.69, 9.17) is 4.74 Å². The van der Waals surface area contributed by atoms with Crippen molar-refractivity contribution in [2.24, 2.45) is 0 Å². The Hall–Kier alpha value is -2.99. The maximum atomic E-state index is 13.3. The first-order valence-corrected chi connectivity index (χ1v) is 9.04. The Morgan fingerprint density at radius 3 is 2.04 bits per heavy atom. The van der Waals surface area contributed by atoms with E-state index in [1.807, 2.05) is 30.3 Å². The molecule has 0 unspecified atom stereocenters. The average molecular weight is 364 g/mol. The van der Waals surface area contributed by atoms with Gasteiger partial charge in [0.15, 0.2) is 0 Å². The predicted octanol–water partition coefficient (Wildman–Crippen LogP) is 1.75. The van der Waals surface area contributed by atoms with Crippen LogP contribution in [0.2, 0.25) is 0 Å². The van der Waals surface area contributed by atoms with E-state index >= 15 is 0 Å². The summed E-state index contributed by atoms with van der Waals surface area (Å²) < 4.78 is 5.32. The number of imide groups is 1. The van der Waals surface area contributed by atoms with Gasteiger partial charge in [0.05, 0.1) is 24.3 Å². The number of hydrogen-bond acceptors (Lipinski definition) is 4. The van der Waals surface area contributed by atoms with Gasteiger partial charge < -0.3 is 9.64 Å². The second kappa shape index (κ2) is 7.32. The Bertz CT molecular complexity index is 840. The molecule has 4 rings (SSSR count). The zero-order chi connectivity index (χ0) is 18.8. The summed E-state index contributed by atoms with van der Waals surface area (Å²) in [7, 11) is 0. The average Bonchev–Trinajstić information content (AvgIpc) is 2.98. The number of benzene rings is 2. The van der Waals surface area contributed by atoms with E-state index in [1.54, 1.807) is 29.2 Å². The minimum absolute atomic E-state index is 0.211. The quantitative estimate of drug-likeness (QED) is 0.776. The lowest BCUT2D eigenvalue weighted by molar-refractivity contribution is -0.139. The van der Waals surface area contributed by atoms with Crippen molar-refractivity contribution < 1.29 is 19.1 Å². The SMILES string of the molecule is O=C([C@H](Cc1ccccc1)N1C(=O)c2ccccc2C1=O)N1CCOCC1. The van der Waals surface area contributed by atoms with Crippen LogP contribution < -0.4 is 0 Å². The summed E-state index contributed by atoms with van der Waals surface area (Å²) in [5.74, 6) is -1.02. The summed E-state index contributed by atoms with van der Waals surface area (Å²) in [4.78, 5) is 41.9. The van der Waals surface area contributed by atoms with Crippen LogP contribution in [-0.2, 0) is 16.0 Å². The number of carbonyl (C=O) groups is 3. The first-order valence-electron chi connectivity index (χ1n) is 9.04. The van der Waals surface area contributed by atoms with Crippen LogP contribution in [0.15, 0.2) is 54.6 Å². The Morgan fingerprint density at radius 2 is 1.44 bits per heavy atom. The van der Waals surface area contributed by atoms with Crippen molar-refractivity contribution in [1.29, 1.82) is 0 Å². The molecule has 27 heavy (non-hydrogen) atoms. The highest BCUT2D eigenvalue weighted by atomic mass is 16.5. The van der Waals surface area contributed by atoms with Crippen LogP contribution in [0.4, 0.5) is 0 Å². The van der Waals surface area contributed by atoms with E-state index in [0.29, 0.717) is 43.9 Å². The van der Waals surface area contributed by atoms with Gasteiger partial charge in [-0.05, 0) is 17.7 Å². The van der Waals surface area contributed by atoms with Gasteiger partial charge in [0.25, 0.3) is 11.8 Å². The standard InChI is InChI=1S/C21H20N2O4/c24-19-16-8-4-5-9-17(16)20(25)23(19)18(14-15-6-2-1-3-7-15)21(26)22-10-12-27-13-11-22/h1-9,18H,10-14H2/t18-/m0/s1. The van der Waals surface area contributed by atoms with E-state index in [0.717, 1.165) is 10.5 Å². The Balaban J connectivity index is 1.68. The van der Waals surface area contributed by atoms with Crippen molar-refractivity contribution >= 4 is 17.7 Å². The summed E-state index contributed by atoms with van der Waals surface area (Å²) >= 11 is 0. The molecule has 0 radical (unpaired) electrons. The largest absolute Gasteiger partial charge is 0.378 e. The number of ether oxygens (including phenoxy) is 1. The highest BCUT2D eigenvalue weighted by Gasteiger charge is 2.43. The third-order valence-corrected chi connectivity index (χ3v) is 5.02. The van der Waals surface area contributed by atoms with E-state index in [2.05, 4.69) is 0 Å². The van der Waals surface area contributed by atoms with Gasteiger partial charge in [-0.15, -0.1) is 0 Å². The molecule has 2 heterocycles. The second-order valence-electron chi connectivity index (χ2n) is 6.67. The van der Waals surface area contributed by atoms with Crippen LogP contribution in [0.1, 0.15) is 26.3 Å². The lowest BCUT2D eigenvalue weighted by Gasteiger charge is -2.33. The molecule has 3 amide bonds. The Morgan fingerprint density at radius 1 is 0.889 bits per heavy atom. The van der Waals surface area contributed by atoms with Gasteiger partial charge in [0.1, 0.15) is 6.04 Å². The molecule has 2 aliphatic heterocycles.